The van der Waals surface area contributed by atoms with Gasteiger partial charge in [0.05, 0.1) is 0 Å². The van der Waals surface area contributed by atoms with Crippen LogP contribution in [0, 0.1) is 18.8 Å². The predicted octanol–water partition coefficient (Wildman–Crippen LogP) is 12.9. The van der Waals surface area contributed by atoms with E-state index in [0.717, 1.165) is 50.4 Å². The maximum atomic E-state index is 6.56. The molecular weight excluding hydrogens is 892 g/mol. The maximum Gasteiger partial charge on any atom is 0.135 e. The molecule has 0 radical (unpaired) electrons. The standard InChI is InChI=1S/C52H45N4O.Pt/c1-36-37(2)55(35-54(36)42-22-15-21-40(31-42)51(3,4)38-17-9-7-10-18-38)43-23-16-24-44(33-43)57-45-27-28-47-46-25-13-14-26-48(46)56(49(47)34-45)50-32-41(29-30-53-50)52(5,6)39-19-11-8-12-20-39;/h7-32,35H,1-6H3;/q-3;. The number of ether oxygens (including phenoxy) is 1. The van der Waals surface area contributed by atoms with Gasteiger partial charge in [-0.1, -0.05) is 124 Å². The summed E-state index contributed by atoms with van der Waals surface area (Å²) in [5.41, 5.74) is 10.9. The molecule has 1 aliphatic rings. The summed E-state index contributed by atoms with van der Waals surface area (Å²) in [4.78, 5) is 9.34. The van der Waals surface area contributed by atoms with Gasteiger partial charge in [0.1, 0.15) is 5.82 Å². The number of hydrogen-bond donors (Lipinski definition) is 0. The summed E-state index contributed by atoms with van der Waals surface area (Å²) in [6, 6.07) is 60.3. The molecular formula is C52H45N4OPt-3. The van der Waals surface area contributed by atoms with Crippen molar-refractivity contribution in [1.82, 2.24) is 9.55 Å². The summed E-state index contributed by atoms with van der Waals surface area (Å²) in [6.45, 7) is 15.5. The molecule has 0 saturated heterocycles. The molecule has 8 aromatic rings. The van der Waals surface area contributed by atoms with Gasteiger partial charge in [-0.2, -0.15) is 12.1 Å². The second kappa shape index (κ2) is 15.5. The molecule has 9 rings (SSSR count). The van der Waals surface area contributed by atoms with Crippen molar-refractivity contribution in [3.63, 3.8) is 0 Å². The van der Waals surface area contributed by atoms with E-state index < -0.39 is 0 Å². The van der Waals surface area contributed by atoms with E-state index in [2.05, 4.69) is 208 Å². The number of aromatic nitrogens is 2. The van der Waals surface area contributed by atoms with Gasteiger partial charge in [-0.05, 0) is 71.8 Å². The number of para-hydroxylation sites is 1. The van der Waals surface area contributed by atoms with E-state index in [1.165, 1.54) is 22.3 Å². The number of pyridine rings is 1. The van der Waals surface area contributed by atoms with E-state index in [9.17, 15) is 0 Å². The SMILES string of the molecule is CC1=C(C)N(c2cccc(C(C)(C)c3ccccc3)c2)[CH-]N1c1[c-]c(Oc2[c-]c3c(cc2)c2ccccc2n3-c2cc(C(C)(C)c3ccccc3)ccn2)ccc1.[Pt]. The van der Waals surface area contributed by atoms with Crippen LogP contribution < -0.4 is 14.5 Å². The van der Waals surface area contributed by atoms with Gasteiger partial charge in [0, 0.05) is 72.2 Å². The monoisotopic (exact) mass is 936 g/mol. The Kier molecular flexibility index (Phi) is 10.4. The molecule has 1 aliphatic heterocycles. The van der Waals surface area contributed by atoms with Crippen LogP contribution in [0.3, 0.4) is 0 Å². The summed E-state index contributed by atoms with van der Waals surface area (Å²) in [5, 5.41) is 2.23. The van der Waals surface area contributed by atoms with Gasteiger partial charge in [-0.15, -0.1) is 48.1 Å². The van der Waals surface area contributed by atoms with Crippen LogP contribution in [-0.4, -0.2) is 9.55 Å². The molecule has 0 bridgehead atoms. The zero-order valence-electron chi connectivity index (χ0n) is 33.6. The van der Waals surface area contributed by atoms with Crippen molar-refractivity contribution in [1.29, 1.82) is 0 Å². The third kappa shape index (κ3) is 6.92. The van der Waals surface area contributed by atoms with Crippen LogP contribution in [-0.2, 0) is 31.9 Å². The molecule has 292 valence electrons. The van der Waals surface area contributed by atoms with Crippen LogP contribution in [0.5, 0.6) is 11.5 Å². The van der Waals surface area contributed by atoms with E-state index in [1.807, 2.05) is 24.4 Å². The van der Waals surface area contributed by atoms with Crippen molar-refractivity contribution < 1.29 is 25.8 Å². The van der Waals surface area contributed by atoms with E-state index in [1.54, 1.807) is 0 Å². The molecule has 5 nitrogen and oxygen atoms in total. The fraction of sp³-hybridized carbons (Fsp3) is 0.154. The summed E-state index contributed by atoms with van der Waals surface area (Å²) >= 11 is 0. The Morgan fingerprint density at radius 3 is 1.88 bits per heavy atom. The van der Waals surface area contributed by atoms with Gasteiger partial charge < -0.3 is 19.1 Å². The third-order valence-electron chi connectivity index (χ3n) is 11.8. The Balaban J connectivity index is 0.00000469. The first kappa shape index (κ1) is 38.9. The number of fused-ring (bicyclic) bond motifs is 3. The summed E-state index contributed by atoms with van der Waals surface area (Å²) in [7, 11) is 0. The summed E-state index contributed by atoms with van der Waals surface area (Å²) in [6.07, 6.45) is 1.91. The van der Waals surface area contributed by atoms with Crippen LogP contribution in [0.1, 0.15) is 63.8 Å². The van der Waals surface area contributed by atoms with Crippen LogP contribution in [0.25, 0.3) is 27.6 Å². The normalized spacial score (nSPS) is 13.3. The topological polar surface area (TPSA) is 33.5 Å². The number of rotatable bonds is 9. The average molecular weight is 937 g/mol. The first-order valence-corrected chi connectivity index (χ1v) is 19.5. The molecule has 2 aromatic heterocycles. The second-order valence-corrected chi connectivity index (χ2v) is 15.9. The molecule has 0 saturated carbocycles. The molecule has 0 atom stereocenters. The van der Waals surface area contributed by atoms with Crippen molar-refractivity contribution >= 4 is 33.2 Å². The summed E-state index contributed by atoms with van der Waals surface area (Å²) < 4.78 is 8.76. The van der Waals surface area contributed by atoms with E-state index in [0.29, 0.717) is 11.5 Å². The Bertz CT molecular complexity index is 2790. The van der Waals surface area contributed by atoms with Crippen molar-refractivity contribution in [2.45, 2.75) is 52.4 Å². The Hall–Kier alpha value is -5.90. The fourth-order valence-corrected chi connectivity index (χ4v) is 8.08. The minimum Gasteiger partial charge on any atom is -0.509 e. The molecule has 0 unspecified atom stereocenters. The number of benzene rings is 6. The minimum absolute atomic E-state index is 0. The Morgan fingerprint density at radius 1 is 0.552 bits per heavy atom. The number of allylic oxidation sites excluding steroid dienone is 2. The Morgan fingerprint density at radius 2 is 1.16 bits per heavy atom. The van der Waals surface area contributed by atoms with Crippen molar-refractivity contribution in [2.24, 2.45) is 0 Å². The minimum atomic E-state index is -0.213. The van der Waals surface area contributed by atoms with Crippen LogP contribution in [0.4, 0.5) is 11.4 Å². The molecule has 58 heavy (non-hydrogen) atoms. The molecule has 0 spiro atoms. The molecule has 0 fully saturated rings. The van der Waals surface area contributed by atoms with E-state index in [-0.39, 0.29) is 31.9 Å². The number of anilines is 2. The third-order valence-corrected chi connectivity index (χ3v) is 11.8. The molecule has 3 heterocycles. The molecule has 6 heteroatoms. The first-order valence-electron chi connectivity index (χ1n) is 19.5. The van der Waals surface area contributed by atoms with Gasteiger partial charge >= 0.3 is 0 Å². The quantitative estimate of drug-likeness (QED) is 0.135. The van der Waals surface area contributed by atoms with Crippen LogP contribution in [0.15, 0.2) is 169 Å². The van der Waals surface area contributed by atoms with E-state index in [4.69, 9.17) is 9.72 Å². The molecule has 0 N–H and O–H groups in total. The van der Waals surface area contributed by atoms with Gasteiger partial charge in [-0.3, -0.25) is 0 Å². The molecule has 6 aromatic carbocycles. The summed E-state index contributed by atoms with van der Waals surface area (Å²) in [5.74, 6) is 2.05. The van der Waals surface area contributed by atoms with Crippen molar-refractivity contribution in [2.75, 3.05) is 9.80 Å². The van der Waals surface area contributed by atoms with Crippen molar-refractivity contribution in [3.05, 3.63) is 210 Å². The van der Waals surface area contributed by atoms with Gasteiger partial charge in [0.25, 0.3) is 0 Å². The zero-order valence-corrected chi connectivity index (χ0v) is 35.9. The smallest absolute Gasteiger partial charge is 0.135 e. The predicted molar refractivity (Wildman–Crippen MR) is 234 cm³/mol. The van der Waals surface area contributed by atoms with E-state index >= 15 is 0 Å². The fourth-order valence-electron chi connectivity index (χ4n) is 8.08. The Labute approximate surface area is 356 Å². The number of hydrogen-bond acceptors (Lipinski definition) is 4. The zero-order chi connectivity index (χ0) is 39.3. The molecule has 0 amide bonds. The van der Waals surface area contributed by atoms with Crippen LogP contribution in [0.2, 0.25) is 0 Å². The largest absolute Gasteiger partial charge is 0.509 e. The van der Waals surface area contributed by atoms with Crippen molar-refractivity contribution in [3.8, 4) is 17.3 Å². The second-order valence-electron chi connectivity index (χ2n) is 15.9. The average Bonchev–Trinajstić information content (AvgIpc) is 3.74. The van der Waals surface area contributed by atoms with Gasteiger partial charge in [0.15, 0.2) is 0 Å². The number of nitrogens with zero attached hydrogens (tertiary/aromatic N) is 4. The maximum absolute atomic E-state index is 6.56. The first-order chi connectivity index (χ1) is 27.6. The van der Waals surface area contributed by atoms with Crippen LogP contribution >= 0.6 is 0 Å². The molecule has 0 aliphatic carbocycles. The van der Waals surface area contributed by atoms with Gasteiger partial charge in [0.2, 0.25) is 0 Å². The van der Waals surface area contributed by atoms with Gasteiger partial charge in [-0.25, -0.2) is 4.98 Å².